The number of thiophene rings is 1. The zero-order valence-corrected chi connectivity index (χ0v) is 13.9. The molecule has 0 saturated carbocycles. The van der Waals surface area contributed by atoms with Crippen LogP contribution in [0.15, 0.2) is 6.07 Å². The van der Waals surface area contributed by atoms with Crippen molar-refractivity contribution >= 4 is 22.9 Å². The number of hydrogen-bond acceptors (Lipinski definition) is 4. The largest absolute Gasteiger partial charge is 0.398 e. The minimum atomic E-state index is 0.108. The molecule has 1 heterocycles. The first kappa shape index (κ1) is 17.0. The fraction of sp³-hybridized carbons (Fsp3) is 0.667. The fourth-order valence-electron chi connectivity index (χ4n) is 2.19. The number of carbonyl (C=O) groups excluding carboxylic acids is 1. The van der Waals surface area contributed by atoms with Gasteiger partial charge in [-0.1, -0.05) is 13.8 Å². The molecule has 0 fully saturated rings. The lowest BCUT2D eigenvalue weighted by Crippen LogP contribution is -2.34. The number of amides is 1. The number of rotatable bonds is 8. The first-order chi connectivity index (χ1) is 9.53. The van der Waals surface area contributed by atoms with Gasteiger partial charge in [-0.05, 0) is 46.0 Å². The molecule has 1 aromatic rings. The molecule has 0 spiro atoms. The Hall–Kier alpha value is -1.07. The van der Waals surface area contributed by atoms with Crippen LogP contribution in [0.2, 0.25) is 0 Å². The third-order valence-corrected chi connectivity index (χ3v) is 4.69. The van der Waals surface area contributed by atoms with Crippen molar-refractivity contribution in [2.45, 2.75) is 34.1 Å². The molecule has 0 aliphatic carbocycles. The van der Waals surface area contributed by atoms with Gasteiger partial charge in [0, 0.05) is 23.7 Å². The molecule has 0 atom stereocenters. The Morgan fingerprint density at radius 1 is 1.20 bits per heavy atom. The van der Waals surface area contributed by atoms with Gasteiger partial charge in [0.05, 0.1) is 4.88 Å². The second-order valence-corrected chi connectivity index (χ2v) is 6.14. The Morgan fingerprint density at radius 3 is 2.30 bits per heavy atom. The van der Waals surface area contributed by atoms with Crippen LogP contribution in [0.5, 0.6) is 0 Å². The molecule has 0 aromatic carbocycles. The average molecular weight is 297 g/mol. The summed E-state index contributed by atoms with van der Waals surface area (Å²) in [7, 11) is 0. The highest BCUT2D eigenvalue weighted by Crippen LogP contribution is 2.24. The van der Waals surface area contributed by atoms with E-state index in [4.69, 9.17) is 5.73 Å². The number of anilines is 1. The highest BCUT2D eigenvalue weighted by Gasteiger charge is 2.17. The van der Waals surface area contributed by atoms with Crippen LogP contribution in [0.25, 0.3) is 0 Å². The van der Waals surface area contributed by atoms with Gasteiger partial charge in [0.2, 0.25) is 0 Å². The first-order valence-electron chi connectivity index (χ1n) is 7.40. The summed E-state index contributed by atoms with van der Waals surface area (Å²) in [6.45, 7) is 13.0. The quantitative estimate of drug-likeness (QED) is 0.802. The predicted octanol–water partition coefficient (Wildman–Crippen LogP) is 2.83. The summed E-state index contributed by atoms with van der Waals surface area (Å²) in [5.41, 5.74) is 6.55. The molecule has 20 heavy (non-hydrogen) atoms. The normalized spacial score (nSPS) is 11.1. The van der Waals surface area contributed by atoms with E-state index in [-0.39, 0.29) is 5.91 Å². The monoisotopic (exact) mass is 297 g/mol. The van der Waals surface area contributed by atoms with E-state index in [2.05, 4.69) is 18.7 Å². The van der Waals surface area contributed by atoms with E-state index in [1.54, 1.807) is 6.07 Å². The predicted molar refractivity (Wildman–Crippen MR) is 87.5 cm³/mol. The van der Waals surface area contributed by atoms with Gasteiger partial charge in [0.25, 0.3) is 5.91 Å². The lowest BCUT2D eigenvalue weighted by Gasteiger charge is -2.23. The smallest absolute Gasteiger partial charge is 0.263 e. The summed E-state index contributed by atoms with van der Waals surface area (Å²) in [4.78, 5) is 18.5. The van der Waals surface area contributed by atoms with Gasteiger partial charge in [-0.2, -0.15) is 0 Å². The topological polar surface area (TPSA) is 49.6 Å². The van der Waals surface area contributed by atoms with Crippen molar-refractivity contribution in [2.24, 2.45) is 0 Å². The lowest BCUT2D eigenvalue weighted by molar-refractivity contribution is 0.0762. The van der Waals surface area contributed by atoms with Crippen molar-refractivity contribution in [2.75, 3.05) is 38.5 Å². The number of carbonyl (C=O) groups is 1. The number of nitrogens with zero attached hydrogens (tertiary/aromatic N) is 2. The third-order valence-electron chi connectivity index (χ3n) is 3.63. The highest BCUT2D eigenvalue weighted by atomic mass is 32.1. The first-order valence-corrected chi connectivity index (χ1v) is 8.22. The molecular weight excluding hydrogens is 270 g/mol. The van der Waals surface area contributed by atoms with Gasteiger partial charge in [-0.25, -0.2) is 0 Å². The van der Waals surface area contributed by atoms with E-state index in [0.29, 0.717) is 0 Å². The zero-order chi connectivity index (χ0) is 15.1. The summed E-state index contributed by atoms with van der Waals surface area (Å²) in [5.74, 6) is 0.108. The van der Waals surface area contributed by atoms with Crippen LogP contribution in [0.4, 0.5) is 5.69 Å². The number of aryl methyl sites for hydroxylation is 1. The second-order valence-electron chi connectivity index (χ2n) is 4.89. The Bertz CT molecular complexity index is 407. The van der Waals surface area contributed by atoms with Crippen LogP contribution < -0.4 is 5.73 Å². The van der Waals surface area contributed by atoms with Gasteiger partial charge in [0.15, 0.2) is 0 Å². The Kier molecular flexibility index (Phi) is 7.02. The molecule has 4 nitrogen and oxygen atoms in total. The molecule has 1 amide bonds. The van der Waals surface area contributed by atoms with Crippen molar-refractivity contribution in [3.8, 4) is 0 Å². The summed E-state index contributed by atoms with van der Waals surface area (Å²) in [5, 5.41) is 0. The molecule has 0 saturated heterocycles. The molecule has 1 rings (SSSR count). The van der Waals surface area contributed by atoms with E-state index in [1.165, 1.54) is 11.3 Å². The van der Waals surface area contributed by atoms with Gasteiger partial charge in [-0.15, -0.1) is 11.3 Å². The van der Waals surface area contributed by atoms with Gasteiger partial charge >= 0.3 is 0 Å². The summed E-state index contributed by atoms with van der Waals surface area (Å²) < 4.78 is 0. The van der Waals surface area contributed by atoms with E-state index in [0.717, 1.165) is 54.6 Å². The van der Waals surface area contributed by atoms with Gasteiger partial charge in [0.1, 0.15) is 0 Å². The van der Waals surface area contributed by atoms with Crippen molar-refractivity contribution in [3.63, 3.8) is 0 Å². The van der Waals surface area contributed by atoms with E-state index >= 15 is 0 Å². The fourth-order valence-corrected chi connectivity index (χ4v) is 3.09. The van der Waals surface area contributed by atoms with Crippen molar-refractivity contribution < 1.29 is 4.79 Å². The maximum Gasteiger partial charge on any atom is 0.263 e. The molecule has 2 N–H and O–H groups in total. The molecule has 114 valence electrons. The molecule has 5 heteroatoms. The minimum Gasteiger partial charge on any atom is -0.398 e. The third kappa shape index (κ3) is 4.49. The summed E-state index contributed by atoms with van der Waals surface area (Å²) in [6, 6.07) is 1.80. The molecular formula is C15H27N3OS. The Balaban J connectivity index is 2.55. The average Bonchev–Trinajstić information content (AvgIpc) is 2.78. The van der Waals surface area contributed by atoms with Crippen LogP contribution in [-0.2, 0) is 0 Å². The maximum atomic E-state index is 12.4. The minimum absolute atomic E-state index is 0.108. The van der Waals surface area contributed by atoms with Crippen molar-refractivity contribution in [1.29, 1.82) is 0 Å². The molecule has 0 bridgehead atoms. The van der Waals surface area contributed by atoms with Crippen LogP contribution in [-0.4, -0.2) is 48.4 Å². The van der Waals surface area contributed by atoms with E-state index < -0.39 is 0 Å². The van der Waals surface area contributed by atoms with E-state index in [1.807, 2.05) is 18.7 Å². The molecule has 0 radical (unpaired) electrons. The van der Waals surface area contributed by atoms with Crippen molar-refractivity contribution in [3.05, 3.63) is 15.8 Å². The SMILES string of the molecule is CCN(CC)CCCN(CC)C(=O)c1cc(N)c(C)s1. The number of hydrogen-bond donors (Lipinski definition) is 1. The van der Waals surface area contributed by atoms with Crippen LogP contribution >= 0.6 is 11.3 Å². The number of nitrogen functional groups attached to an aromatic ring is 1. The Labute approximate surface area is 126 Å². The van der Waals surface area contributed by atoms with Gasteiger partial charge in [-0.3, -0.25) is 4.79 Å². The highest BCUT2D eigenvalue weighted by molar-refractivity contribution is 7.14. The summed E-state index contributed by atoms with van der Waals surface area (Å²) in [6.07, 6.45) is 1.01. The molecule has 0 unspecified atom stereocenters. The zero-order valence-electron chi connectivity index (χ0n) is 13.1. The van der Waals surface area contributed by atoms with Crippen LogP contribution in [0.1, 0.15) is 41.7 Å². The van der Waals surface area contributed by atoms with Crippen LogP contribution in [0.3, 0.4) is 0 Å². The molecule has 0 aliphatic rings. The second kappa shape index (κ2) is 8.27. The standard InChI is InChI=1S/C15H27N3OS/c1-5-17(6-2)9-8-10-18(7-3)15(19)14-11-13(16)12(4)20-14/h11H,5-10,16H2,1-4H3. The van der Waals surface area contributed by atoms with Crippen LogP contribution in [0, 0.1) is 6.92 Å². The van der Waals surface area contributed by atoms with Gasteiger partial charge < -0.3 is 15.5 Å². The summed E-state index contributed by atoms with van der Waals surface area (Å²) >= 11 is 1.49. The molecule has 0 aliphatic heterocycles. The van der Waals surface area contributed by atoms with E-state index in [9.17, 15) is 4.79 Å². The Morgan fingerprint density at radius 2 is 1.85 bits per heavy atom. The molecule has 1 aromatic heterocycles. The van der Waals surface area contributed by atoms with Crippen molar-refractivity contribution in [1.82, 2.24) is 9.80 Å². The lowest BCUT2D eigenvalue weighted by atomic mass is 10.3. The number of nitrogens with two attached hydrogens (primary N) is 1. The maximum absolute atomic E-state index is 12.4.